The molecule has 17 atom stereocenters. The average Bonchev–Trinajstić information content (AvgIpc) is 3.35. The zero-order chi connectivity index (χ0) is 34.4. The minimum atomic E-state index is -1.57. The van der Waals surface area contributed by atoms with Crippen molar-refractivity contribution in [2.24, 2.45) is 45.3 Å². The van der Waals surface area contributed by atoms with Crippen LogP contribution in [0, 0.1) is 45.3 Å². The van der Waals surface area contributed by atoms with Crippen molar-refractivity contribution in [2.75, 3.05) is 6.61 Å². The molecule has 5 aliphatic rings. The van der Waals surface area contributed by atoms with Crippen molar-refractivity contribution in [3.63, 3.8) is 0 Å². The fraction of sp³-hybridized carbons (Fsp3) is 0.944. The zero-order valence-electron chi connectivity index (χ0n) is 29.0. The fourth-order valence-corrected chi connectivity index (χ4v) is 12.0. The van der Waals surface area contributed by atoms with Gasteiger partial charge < -0.3 is 50.3 Å². The summed E-state index contributed by atoms with van der Waals surface area (Å²) < 4.78 is 12.6. The van der Waals surface area contributed by atoms with Crippen molar-refractivity contribution in [2.45, 2.75) is 161 Å². The first kappa shape index (κ1) is 36.6. The van der Waals surface area contributed by atoms with Gasteiger partial charge in [0.25, 0.3) is 0 Å². The van der Waals surface area contributed by atoms with Crippen molar-refractivity contribution in [3.05, 3.63) is 12.2 Å². The summed E-state index contributed by atoms with van der Waals surface area (Å²) in [6.45, 7) is 17.8. The van der Waals surface area contributed by atoms with Gasteiger partial charge in [0.05, 0.1) is 36.6 Å². The summed E-state index contributed by atoms with van der Waals surface area (Å²) in [6, 6.07) is 0. The van der Waals surface area contributed by atoms with Crippen molar-refractivity contribution in [1.29, 1.82) is 0 Å². The first-order valence-corrected chi connectivity index (χ1v) is 17.6. The highest BCUT2D eigenvalue weighted by molar-refractivity contribution is 5.22. The number of fused-ring (bicyclic) bond motifs is 5. The predicted octanol–water partition coefficient (Wildman–Crippen LogP) is 2.27. The van der Waals surface area contributed by atoms with Gasteiger partial charge in [-0.25, -0.2) is 0 Å². The van der Waals surface area contributed by atoms with E-state index in [1.54, 1.807) is 6.92 Å². The van der Waals surface area contributed by atoms with Gasteiger partial charge in [-0.15, -0.1) is 0 Å². The van der Waals surface area contributed by atoms with E-state index in [2.05, 4.69) is 41.2 Å². The lowest BCUT2D eigenvalue weighted by Crippen LogP contribution is -2.70. The minimum Gasteiger partial charge on any atom is -0.394 e. The molecule has 8 N–H and O–H groups in total. The van der Waals surface area contributed by atoms with Crippen LogP contribution in [0.5, 0.6) is 0 Å². The highest BCUT2D eigenvalue weighted by Gasteiger charge is 2.73. The molecular weight excluding hydrogens is 592 g/mol. The first-order chi connectivity index (χ1) is 21.2. The average molecular weight is 655 g/mol. The molecule has 0 radical (unpaired) electrons. The number of aliphatic hydroxyl groups excluding tert-OH is 7. The summed E-state index contributed by atoms with van der Waals surface area (Å²) in [4.78, 5) is 0. The van der Waals surface area contributed by atoms with E-state index >= 15 is 0 Å². The molecule has 46 heavy (non-hydrogen) atoms. The Morgan fingerprint density at radius 2 is 1.63 bits per heavy atom. The topological polar surface area (TPSA) is 180 Å². The number of ether oxygens (including phenoxy) is 2. The lowest BCUT2D eigenvalue weighted by Gasteiger charge is -2.71. The molecule has 0 spiro atoms. The Balaban J connectivity index is 1.57. The second kappa shape index (κ2) is 12.3. The molecule has 1 heterocycles. The molecule has 266 valence electrons. The summed E-state index contributed by atoms with van der Waals surface area (Å²) in [5.41, 5.74) is -2.14. The van der Waals surface area contributed by atoms with Crippen LogP contribution in [-0.4, -0.2) is 108 Å². The second-order valence-corrected chi connectivity index (χ2v) is 17.6. The van der Waals surface area contributed by atoms with Gasteiger partial charge in [0, 0.05) is 0 Å². The third-order valence-corrected chi connectivity index (χ3v) is 14.7. The summed E-state index contributed by atoms with van der Waals surface area (Å²) in [5.74, 6) is -0.563. The van der Waals surface area contributed by atoms with Gasteiger partial charge in [0.15, 0.2) is 6.29 Å². The van der Waals surface area contributed by atoms with E-state index in [4.69, 9.17) is 9.47 Å². The van der Waals surface area contributed by atoms with Gasteiger partial charge in [-0.1, -0.05) is 46.8 Å². The molecule has 10 heteroatoms. The van der Waals surface area contributed by atoms with Crippen molar-refractivity contribution in [3.8, 4) is 0 Å². The Morgan fingerprint density at radius 3 is 2.24 bits per heavy atom. The molecule has 4 aliphatic carbocycles. The van der Waals surface area contributed by atoms with Crippen LogP contribution in [0.25, 0.3) is 0 Å². The van der Waals surface area contributed by atoms with Gasteiger partial charge in [-0.05, 0) is 111 Å². The third kappa shape index (κ3) is 5.46. The quantitative estimate of drug-likeness (QED) is 0.143. The van der Waals surface area contributed by atoms with Gasteiger partial charge in [-0.2, -0.15) is 0 Å². The number of hydrogen-bond donors (Lipinski definition) is 8. The third-order valence-electron chi connectivity index (χ3n) is 14.7. The maximum absolute atomic E-state index is 12.1. The standard InChI is InChI=1S/C36H62O10/c1-18(2)20(38)10-14-36(8,44)19-9-13-34(6)26(19)22(45-31-29(43)28(42)27(41)23(17-37)46-31)15-24-33(5)12-11-25(40)32(3,4)30(33)21(39)16-35(24,34)7/h19-31,37-44H,1,9-17H2,2-8H3/t19-,20-,21+,22-,23-,24-,25+,26-,27-,28+,29-,30-,31-,33+,34-,35+,36+/m1/s1. The Bertz CT molecular complexity index is 1130. The van der Waals surface area contributed by atoms with Gasteiger partial charge in [0.2, 0.25) is 0 Å². The molecule has 1 aliphatic heterocycles. The van der Waals surface area contributed by atoms with Gasteiger partial charge in [0.1, 0.15) is 24.4 Å². The maximum Gasteiger partial charge on any atom is 0.186 e. The Kier molecular flexibility index (Phi) is 9.78. The fourth-order valence-electron chi connectivity index (χ4n) is 12.0. The van der Waals surface area contributed by atoms with E-state index in [0.29, 0.717) is 44.1 Å². The monoisotopic (exact) mass is 654 g/mol. The smallest absolute Gasteiger partial charge is 0.186 e. The van der Waals surface area contributed by atoms with Crippen LogP contribution in [0.15, 0.2) is 12.2 Å². The molecule has 10 nitrogen and oxygen atoms in total. The lowest BCUT2D eigenvalue weighted by atomic mass is 9.34. The van der Waals surface area contributed by atoms with Crippen LogP contribution in [0.4, 0.5) is 0 Å². The summed E-state index contributed by atoms with van der Waals surface area (Å²) in [6.07, 6.45) is -4.81. The largest absolute Gasteiger partial charge is 0.394 e. The van der Waals surface area contributed by atoms with E-state index in [1.165, 1.54) is 0 Å². The predicted molar refractivity (Wildman–Crippen MR) is 171 cm³/mol. The zero-order valence-corrected chi connectivity index (χ0v) is 29.0. The van der Waals surface area contributed by atoms with E-state index in [0.717, 1.165) is 12.8 Å². The van der Waals surface area contributed by atoms with Crippen LogP contribution in [0.3, 0.4) is 0 Å². The number of aliphatic hydroxyl groups is 8. The molecule has 0 amide bonds. The molecule has 5 fully saturated rings. The van der Waals surface area contributed by atoms with Crippen LogP contribution >= 0.6 is 0 Å². The lowest BCUT2D eigenvalue weighted by molar-refractivity contribution is -0.339. The molecule has 0 aromatic carbocycles. The van der Waals surface area contributed by atoms with Crippen molar-refractivity contribution >= 4 is 0 Å². The Morgan fingerprint density at radius 1 is 0.978 bits per heavy atom. The molecule has 0 aromatic rings. The molecule has 0 aromatic heterocycles. The Hall–Kier alpha value is -0.660. The molecule has 0 unspecified atom stereocenters. The summed E-state index contributed by atoms with van der Waals surface area (Å²) in [5, 5.41) is 87.8. The van der Waals surface area contributed by atoms with Crippen molar-refractivity contribution < 1.29 is 50.3 Å². The molecule has 1 saturated heterocycles. The molecule has 4 saturated carbocycles. The van der Waals surface area contributed by atoms with E-state index in [1.807, 2.05) is 6.92 Å². The summed E-state index contributed by atoms with van der Waals surface area (Å²) >= 11 is 0. The minimum absolute atomic E-state index is 0.0604. The summed E-state index contributed by atoms with van der Waals surface area (Å²) in [7, 11) is 0. The highest BCUT2D eigenvalue weighted by atomic mass is 16.7. The van der Waals surface area contributed by atoms with Crippen LogP contribution in [-0.2, 0) is 9.47 Å². The molecule has 5 rings (SSSR count). The van der Waals surface area contributed by atoms with Crippen LogP contribution in [0.2, 0.25) is 0 Å². The maximum atomic E-state index is 12.1. The van der Waals surface area contributed by atoms with E-state index in [9.17, 15) is 40.9 Å². The second-order valence-electron chi connectivity index (χ2n) is 17.6. The number of rotatable bonds is 8. The Labute approximate surface area is 274 Å². The van der Waals surface area contributed by atoms with Gasteiger partial charge >= 0.3 is 0 Å². The SMILES string of the molecule is C=C(C)[C@H](O)CC[C@](C)(O)[C@@H]1CC[C@]2(C)[C@H]1[C@H](O[C@@H]1O[C@H](CO)[C@@H](O)[C@H](O)[C@H]1O)C[C@@H]1[C@]3(C)CC[C@H](O)C(C)(C)[C@H]3[C@@H](O)C[C@@]12C. The number of hydrogen-bond acceptors (Lipinski definition) is 10. The van der Waals surface area contributed by atoms with Crippen LogP contribution in [0.1, 0.15) is 99.8 Å². The van der Waals surface area contributed by atoms with E-state index < -0.39 is 78.2 Å². The van der Waals surface area contributed by atoms with Crippen molar-refractivity contribution in [1.82, 2.24) is 0 Å². The molecule has 0 bridgehead atoms. The molecular formula is C36H62O10. The highest BCUT2D eigenvalue weighted by Crippen LogP contribution is 2.76. The van der Waals surface area contributed by atoms with Crippen LogP contribution < -0.4 is 0 Å². The first-order valence-electron chi connectivity index (χ1n) is 17.6. The van der Waals surface area contributed by atoms with E-state index in [-0.39, 0.29) is 34.5 Å². The normalized spacial score (nSPS) is 52.2. The van der Waals surface area contributed by atoms with Gasteiger partial charge in [-0.3, -0.25) is 0 Å².